The van der Waals surface area contributed by atoms with Crippen LogP contribution in [0.4, 0.5) is 0 Å². The van der Waals surface area contributed by atoms with Gasteiger partial charge in [-0.25, -0.2) is 14.5 Å². The van der Waals surface area contributed by atoms with E-state index in [-0.39, 0.29) is 5.56 Å². The molecule has 0 bridgehead atoms. The highest BCUT2D eigenvalue weighted by Gasteiger charge is 2.11. The van der Waals surface area contributed by atoms with Gasteiger partial charge in [-0.2, -0.15) is 5.10 Å². The van der Waals surface area contributed by atoms with Crippen molar-refractivity contribution in [3.05, 3.63) is 48.3 Å². The summed E-state index contributed by atoms with van der Waals surface area (Å²) in [6.45, 7) is 2.07. The molecule has 7 heteroatoms. The van der Waals surface area contributed by atoms with E-state index in [1.54, 1.807) is 29.2 Å². The minimum Gasteiger partial charge on any atom is -0.478 e. The van der Waals surface area contributed by atoms with Crippen LogP contribution in [0.1, 0.15) is 30.1 Å². The summed E-state index contributed by atoms with van der Waals surface area (Å²) in [5.74, 6) is -0.335. The first kappa shape index (κ1) is 16.3. The number of unbranched alkanes of at least 4 members (excludes halogenated alkanes) is 1. The van der Waals surface area contributed by atoms with E-state index < -0.39 is 16.8 Å². The highest BCUT2D eigenvalue weighted by atomic mass is 32.2. The summed E-state index contributed by atoms with van der Waals surface area (Å²) in [4.78, 5) is 16.0. The van der Waals surface area contributed by atoms with E-state index in [2.05, 4.69) is 17.0 Å². The number of hydrogen-bond donors (Lipinski definition) is 1. The molecule has 2 heterocycles. The van der Waals surface area contributed by atoms with Crippen LogP contribution in [-0.4, -0.2) is 35.8 Å². The predicted molar refractivity (Wildman–Crippen MR) is 92.0 cm³/mol. The van der Waals surface area contributed by atoms with Crippen LogP contribution in [0, 0.1) is 0 Å². The zero-order valence-electron chi connectivity index (χ0n) is 13.2. The number of carbonyl (C=O) groups is 1. The third-order valence-corrected chi connectivity index (χ3v) is 5.10. The van der Waals surface area contributed by atoms with Crippen LogP contribution in [0.15, 0.2) is 47.6 Å². The molecule has 0 aliphatic heterocycles. The molecule has 1 aromatic carbocycles. The minimum atomic E-state index is -1.05. The lowest BCUT2D eigenvalue weighted by molar-refractivity contribution is 0.0697. The smallest absolute Gasteiger partial charge is 0.335 e. The van der Waals surface area contributed by atoms with Crippen LogP contribution in [0.2, 0.25) is 0 Å². The topological polar surface area (TPSA) is 85.1 Å². The van der Waals surface area contributed by atoms with Gasteiger partial charge in [-0.3, -0.25) is 4.21 Å². The molecule has 6 nitrogen and oxygen atoms in total. The van der Waals surface area contributed by atoms with Crippen molar-refractivity contribution >= 4 is 27.8 Å². The largest absolute Gasteiger partial charge is 0.478 e. The van der Waals surface area contributed by atoms with Crippen molar-refractivity contribution in [2.45, 2.75) is 24.7 Å². The second-order valence-corrected chi connectivity index (χ2v) is 6.97. The number of aromatic carboxylic acids is 1. The molecule has 0 amide bonds. The maximum Gasteiger partial charge on any atom is 0.335 e. The Bertz CT molecular complexity index is 903. The van der Waals surface area contributed by atoms with Crippen molar-refractivity contribution in [1.29, 1.82) is 0 Å². The number of fused-ring (bicyclic) bond motifs is 1. The van der Waals surface area contributed by atoms with Crippen molar-refractivity contribution < 1.29 is 14.1 Å². The Hall–Kier alpha value is -2.54. The fraction of sp³-hybridized carbons (Fsp3) is 0.235. The van der Waals surface area contributed by atoms with Crippen molar-refractivity contribution in [1.82, 2.24) is 14.8 Å². The molecule has 124 valence electrons. The molecule has 0 aliphatic carbocycles. The molecular weight excluding hydrogens is 326 g/mol. The number of carboxylic acid groups (broad SMARTS) is 1. The van der Waals surface area contributed by atoms with E-state index in [0.29, 0.717) is 16.3 Å². The molecule has 0 spiro atoms. The molecular formula is C17H17N3O3S. The third-order valence-electron chi connectivity index (χ3n) is 3.69. The number of pyridine rings is 1. The van der Waals surface area contributed by atoms with Gasteiger partial charge in [0.2, 0.25) is 0 Å². The summed E-state index contributed by atoms with van der Waals surface area (Å²) in [5, 5.41) is 14.1. The van der Waals surface area contributed by atoms with Crippen LogP contribution in [0.25, 0.3) is 16.7 Å². The SMILES string of the molecule is CCCC[S@](=O)c1cnc2c(cnn2-c2ccc(C(=O)O)cc2)c1. The lowest BCUT2D eigenvalue weighted by atomic mass is 10.2. The molecule has 1 N–H and O–H groups in total. The summed E-state index contributed by atoms with van der Waals surface area (Å²) in [6, 6.07) is 8.28. The number of nitrogens with zero attached hydrogens (tertiary/aromatic N) is 3. The van der Waals surface area contributed by atoms with Crippen LogP contribution in [-0.2, 0) is 10.8 Å². The first-order valence-electron chi connectivity index (χ1n) is 7.66. The molecule has 0 saturated heterocycles. The van der Waals surface area contributed by atoms with Gasteiger partial charge >= 0.3 is 5.97 Å². The summed E-state index contributed by atoms with van der Waals surface area (Å²) in [5.41, 5.74) is 1.59. The lowest BCUT2D eigenvalue weighted by Crippen LogP contribution is -2.01. The maximum absolute atomic E-state index is 12.2. The normalized spacial score (nSPS) is 12.4. The Morgan fingerprint density at radius 2 is 2.00 bits per heavy atom. The van der Waals surface area contributed by atoms with Gasteiger partial charge in [0, 0.05) is 17.3 Å². The average molecular weight is 343 g/mol. The minimum absolute atomic E-state index is 0.219. The van der Waals surface area contributed by atoms with Crippen molar-refractivity contribution in [3.8, 4) is 5.69 Å². The summed E-state index contributed by atoms with van der Waals surface area (Å²) >= 11 is 0. The summed E-state index contributed by atoms with van der Waals surface area (Å²) in [7, 11) is -1.05. The Labute approximate surface area is 141 Å². The Morgan fingerprint density at radius 3 is 2.67 bits per heavy atom. The van der Waals surface area contributed by atoms with Crippen molar-refractivity contribution in [2.24, 2.45) is 0 Å². The zero-order chi connectivity index (χ0) is 17.1. The predicted octanol–water partition coefficient (Wildman–Crippen LogP) is 3.03. The molecule has 3 rings (SSSR count). The molecule has 0 unspecified atom stereocenters. The number of benzene rings is 1. The Kier molecular flexibility index (Phi) is 4.71. The van der Waals surface area contributed by atoms with Gasteiger partial charge in [0.25, 0.3) is 0 Å². The standard InChI is InChI=1S/C17H17N3O3S/c1-2-3-8-24(23)15-9-13-10-19-20(16(13)18-11-15)14-6-4-12(5-7-14)17(21)22/h4-7,9-11H,2-3,8H2,1H3,(H,21,22)/t24-/m0/s1. The Balaban J connectivity index is 1.93. The second-order valence-electron chi connectivity index (χ2n) is 5.40. The van der Waals surface area contributed by atoms with E-state index >= 15 is 0 Å². The summed E-state index contributed by atoms with van der Waals surface area (Å²) < 4.78 is 13.9. The number of carboxylic acids is 1. The highest BCUT2D eigenvalue weighted by molar-refractivity contribution is 7.85. The number of hydrogen-bond acceptors (Lipinski definition) is 4. The van der Waals surface area contributed by atoms with Gasteiger partial charge in [-0.1, -0.05) is 13.3 Å². The molecule has 3 aromatic rings. The van der Waals surface area contributed by atoms with Crippen LogP contribution in [0.3, 0.4) is 0 Å². The van der Waals surface area contributed by atoms with E-state index in [1.807, 2.05) is 6.07 Å². The van der Waals surface area contributed by atoms with Crippen LogP contribution >= 0.6 is 0 Å². The monoisotopic (exact) mass is 343 g/mol. The molecule has 0 aliphatic rings. The van der Waals surface area contributed by atoms with Crippen molar-refractivity contribution in [3.63, 3.8) is 0 Å². The Morgan fingerprint density at radius 1 is 1.25 bits per heavy atom. The zero-order valence-corrected chi connectivity index (χ0v) is 14.0. The van der Waals surface area contributed by atoms with Gasteiger partial charge in [-0.05, 0) is 36.8 Å². The van der Waals surface area contributed by atoms with Gasteiger partial charge in [0.15, 0.2) is 5.65 Å². The fourth-order valence-corrected chi connectivity index (χ4v) is 3.57. The number of aromatic nitrogens is 3. The van der Waals surface area contributed by atoms with Crippen molar-refractivity contribution in [2.75, 3.05) is 5.75 Å². The summed E-state index contributed by atoms with van der Waals surface area (Å²) in [6.07, 6.45) is 5.22. The molecule has 1 atom stereocenters. The van der Waals surface area contributed by atoms with Crippen LogP contribution in [0.5, 0.6) is 0 Å². The third kappa shape index (κ3) is 3.21. The van der Waals surface area contributed by atoms with E-state index in [0.717, 1.165) is 23.9 Å². The number of rotatable bonds is 6. The van der Waals surface area contributed by atoms with Gasteiger partial charge in [0.1, 0.15) is 0 Å². The fourth-order valence-electron chi connectivity index (χ4n) is 2.35. The van der Waals surface area contributed by atoms with E-state index in [4.69, 9.17) is 5.11 Å². The van der Waals surface area contributed by atoms with E-state index in [1.165, 1.54) is 12.1 Å². The lowest BCUT2D eigenvalue weighted by Gasteiger charge is -2.04. The first-order chi connectivity index (χ1) is 11.6. The first-order valence-corrected chi connectivity index (χ1v) is 8.98. The van der Waals surface area contributed by atoms with E-state index in [9.17, 15) is 9.00 Å². The molecule has 0 fully saturated rings. The molecule has 0 saturated carbocycles. The molecule has 0 radical (unpaired) electrons. The quantitative estimate of drug-likeness (QED) is 0.743. The highest BCUT2D eigenvalue weighted by Crippen LogP contribution is 2.19. The van der Waals surface area contributed by atoms with Crippen LogP contribution < -0.4 is 0 Å². The molecule has 2 aromatic heterocycles. The van der Waals surface area contributed by atoms with Gasteiger partial charge in [-0.15, -0.1) is 0 Å². The van der Waals surface area contributed by atoms with Gasteiger partial charge < -0.3 is 5.11 Å². The second kappa shape index (κ2) is 6.92. The maximum atomic E-state index is 12.2. The van der Waals surface area contributed by atoms with Gasteiger partial charge in [0.05, 0.1) is 33.1 Å². The molecule has 24 heavy (non-hydrogen) atoms. The average Bonchev–Trinajstić information content (AvgIpc) is 3.02.